The zero-order valence-corrected chi connectivity index (χ0v) is 15.5. The molecule has 0 spiro atoms. The van der Waals surface area contributed by atoms with Gasteiger partial charge in [0, 0.05) is 24.0 Å². The third-order valence-corrected chi connectivity index (χ3v) is 5.17. The summed E-state index contributed by atoms with van der Waals surface area (Å²) in [7, 11) is 0. The molecule has 3 rings (SSSR count). The second kappa shape index (κ2) is 8.05. The lowest BCUT2D eigenvalue weighted by atomic mass is 10.1. The Morgan fingerprint density at radius 3 is 2.62 bits per heavy atom. The van der Waals surface area contributed by atoms with Crippen molar-refractivity contribution in [2.75, 3.05) is 0 Å². The lowest BCUT2D eigenvalue weighted by Crippen LogP contribution is -2.23. The van der Waals surface area contributed by atoms with Crippen LogP contribution in [0.25, 0.3) is 6.08 Å². The number of carbonyl (C=O) groups is 1. The summed E-state index contributed by atoms with van der Waals surface area (Å²) in [6, 6.07) is 14.4. The molecule has 1 aliphatic rings. The number of amides is 1. The molecule has 0 bridgehead atoms. The maximum Gasteiger partial charge on any atom is 0.262 e. The maximum absolute atomic E-state index is 12.4. The Hall–Kier alpha value is -2.80. The van der Waals surface area contributed by atoms with Crippen molar-refractivity contribution < 1.29 is 4.79 Å². The average Bonchev–Trinajstić information content (AvgIpc) is 3.26. The number of aryl methyl sites for hydroxylation is 1. The van der Waals surface area contributed by atoms with Gasteiger partial charge in [0.25, 0.3) is 5.91 Å². The summed E-state index contributed by atoms with van der Waals surface area (Å²) in [6.07, 6.45) is 6.69. The molecule has 4 nitrogen and oxygen atoms in total. The number of benzene rings is 1. The Morgan fingerprint density at radius 2 is 1.96 bits per heavy atom. The summed E-state index contributed by atoms with van der Waals surface area (Å²) in [4.78, 5) is 12.4. The molecule has 134 valence electrons. The highest BCUT2D eigenvalue weighted by Gasteiger charge is 2.21. The van der Waals surface area contributed by atoms with E-state index in [9.17, 15) is 10.1 Å². The number of aromatic nitrogens is 1. The zero-order chi connectivity index (χ0) is 18.5. The number of carbonyl (C=O) groups excluding carboxylic acids is 1. The second-order valence-electron chi connectivity index (χ2n) is 6.97. The number of nitrogens with one attached hydrogen (secondary N) is 1. The van der Waals surface area contributed by atoms with Crippen molar-refractivity contribution in [3.63, 3.8) is 0 Å². The Labute approximate surface area is 155 Å². The number of nitriles is 1. The first-order chi connectivity index (χ1) is 12.6. The van der Waals surface area contributed by atoms with Gasteiger partial charge in [-0.25, -0.2) is 0 Å². The monoisotopic (exact) mass is 347 g/mol. The molecule has 1 aromatic carbocycles. The van der Waals surface area contributed by atoms with Crippen LogP contribution >= 0.6 is 0 Å². The quantitative estimate of drug-likeness (QED) is 0.642. The number of rotatable bonds is 5. The molecule has 1 heterocycles. The van der Waals surface area contributed by atoms with Crippen LogP contribution < -0.4 is 5.32 Å². The van der Waals surface area contributed by atoms with Crippen LogP contribution in [0.2, 0.25) is 0 Å². The molecular formula is C22H25N3O. The van der Waals surface area contributed by atoms with E-state index in [1.807, 2.05) is 30.3 Å². The second-order valence-corrected chi connectivity index (χ2v) is 6.97. The number of nitrogens with zero attached hydrogens (tertiary/aromatic N) is 2. The van der Waals surface area contributed by atoms with E-state index in [4.69, 9.17) is 0 Å². The smallest absolute Gasteiger partial charge is 0.262 e. The molecule has 1 fully saturated rings. The predicted octanol–water partition coefficient (Wildman–Crippen LogP) is 4.44. The van der Waals surface area contributed by atoms with Gasteiger partial charge in [0.2, 0.25) is 0 Å². The van der Waals surface area contributed by atoms with Crippen LogP contribution in [0.3, 0.4) is 0 Å². The molecular weight excluding hydrogens is 322 g/mol. The maximum atomic E-state index is 12.4. The van der Waals surface area contributed by atoms with Crippen LogP contribution in [-0.2, 0) is 11.3 Å². The minimum atomic E-state index is -0.331. The van der Waals surface area contributed by atoms with Crippen molar-refractivity contribution in [1.82, 2.24) is 9.88 Å². The van der Waals surface area contributed by atoms with Crippen LogP contribution in [0.4, 0.5) is 0 Å². The van der Waals surface area contributed by atoms with Gasteiger partial charge in [-0.1, -0.05) is 43.2 Å². The van der Waals surface area contributed by atoms with E-state index in [0.29, 0.717) is 12.6 Å². The lowest BCUT2D eigenvalue weighted by molar-refractivity contribution is -0.117. The van der Waals surface area contributed by atoms with Crippen LogP contribution in [0.15, 0.2) is 42.0 Å². The molecule has 1 N–H and O–H groups in total. The number of hydrogen-bond donors (Lipinski definition) is 1. The summed E-state index contributed by atoms with van der Waals surface area (Å²) in [5, 5.41) is 12.3. The van der Waals surface area contributed by atoms with Gasteiger partial charge in [-0.2, -0.15) is 5.26 Å². The third-order valence-electron chi connectivity index (χ3n) is 5.17. The van der Waals surface area contributed by atoms with Gasteiger partial charge < -0.3 is 9.88 Å². The first kappa shape index (κ1) is 18.0. The highest BCUT2D eigenvalue weighted by molar-refractivity contribution is 6.01. The van der Waals surface area contributed by atoms with E-state index >= 15 is 0 Å². The lowest BCUT2D eigenvalue weighted by Gasteiger charge is -2.17. The van der Waals surface area contributed by atoms with Crippen molar-refractivity contribution >= 4 is 12.0 Å². The fourth-order valence-electron chi connectivity index (χ4n) is 3.85. The van der Waals surface area contributed by atoms with Gasteiger partial charge in [-0.05, 0) is 50.0 Å². The van der Waals surface area contributed by atoms with E-state index in [0.717, 1.165) is 16.8 Å². The van der Waals surface area contributed by atoms with Crippen LogP contribution in [0.1, 0.15) is 54.2 Å². The summed E-state index contributed by atoms with van der Waals surface area (Å²) in [5.41, 5.74) is 4.45. The van der Waals surface area contributed by atoms with E-state index in [-0.39, 0.29) is 11.5 Å². The fraction of sp³-hybridized carbons (Fsp3) is 0.364. The summed E-state index contributed by atoms with van der Waals surface area (Å²) >= 11 is 0. The molecule has 4 heteroatoms. The highest BCUT2D eigenvalue weighted by atomic mass is 16.1. The predicted molar refractivity (Wildman–Crippen MR) is 103 cm³/mol. The summed E-state index contributed by atoms with van der Waals surface area (Å²) in [6.45, 7) is 4.60. The molecule has 0 radical (unpaired) electrons. The molecule has 2 aromatic rings. The number of hydrogen-bond acceptors (Lipinski definition) is 2. The fourth-order valence-corrected chi connectivity index (χ4v) is 3.85. The van der Waals surface area contributed by atoms with Gasteiger partial charge in [0.1, 0.15) is 11.6 Å². The molecule has 0 unspecified atom stereocenters. The van der Waals surface area contributed by atoms with Gasteiger partial charge in [0.05, 0.1) is 0 Å². The van der Waals surface area contributed by atoms with Crippen molar-refractivity contribution in [2.45, 2.75) is 52.1 Å². The molecule has 1 aliphatic carbocycles. The molecule has 26 heavy (non-hydrogen) atoms. The van der Waals surface area contributed by atoms with E-state index in [2.05, 4.69) is 35.9 Å². The standard InChI is InChI=1S/C22H25N3O/c1-16-12-19(17(2)25(16)21-10-6-7-11-21)13-20(14-23)22(26)24-15-18-8-4-3-5-9-18/h3-5,8-9,12-13,21H,6-7,10-11,15H2,1-2H3,(H,24,26)/b20-13-. The highest BCUT2D eigenvalue weighted by Crippen LogP contribution is 2.33. The van der Waals surface area contributed by atoms with E-state index in [1.165, 1.54) is 31.4 Å². The normalized spacial score (nSPS) is 15.0. The Morgan fingerprint density at radius 1 is 1.27 bits per heavy atom. The molecule has 0 atom stereocenters. The van der Waals surface area contributed by atoms with E-state index < -0.39 is 0 Å². The van der Waals surface area contributed by atoms with Crippen LogP contribution in [0.5, 0.6) is 0 Å². The van der Waals surface area contributed by atoms with Crippen LogP contribution in [-0.4, -0.2) is 10.5 Å². The SMILES string of the molecule is Cc1cc(/C=C(/C#N)C(=O)NCc2ccccc2)c(C)n1C1CCCC1. The summed E-state index contributed by atoms with van der Waals surface area (Å²) < 4.78 is 2.37. The first-order valence-electron chi connectivity index (χ1n) is 9.22. The molecule has 1 aromatic heterocycles. The van der Waals surface area contributed by atoms with Crippen molar-refractivity contribution in [3.8, 4) is 6.07 Å². The first-order valence-corrected chi connectivity index (χ1v) is 9.22. The minimum absolute atomic E-state index is 0.146. The average molecular weight is 347 g/mol. The van der Waals surface area contributed by atoms with Crippen LogP contribution in [0, 0.1) is 25.2 Å². The third kappa shape index (κ3) is 3.88. The van der Waals surface area contributed by atoms with Crippen molar-refractivity contribution in [3.05, 3.63) is 64.5 Å². The molecule has 0 aliphatic heterocycles. The summed E-state index contributed by atoms with van der Waals surface area (Å²) in [5.74, 6) is -0.331. The van der Waals surface area contributed by atoms with E-state index in [1.54, 1.807) is 6.08 Å². The van der Waals surface area contributed by atoms with Crippen molar-refractivity contribution in [2.24, 2.45) is 0 Å². The van der Waals surface area contributed by atoms with Gasteiger partial charge in [0.15, 0.2) is 0 Å². The minimum Gasteiger partial charge on any atom is -0.347 e. The van der Waals surface area contributed by atoms with Crippen molar-refractivity contribution in [1.29, 1.82) is 5.26 Å². The Bertz CT molecular complexity index is 850. The topological polar surface area (TPSA) is 57.8 Å². The van der Waals surface area contributed by atoms with Gasteiger partial charge >= 0.3 is 0 Å². The molecule has 1 amide bonds. The Balaban J connectivity index is 1.77. The molecule has 1 saturated carbocycles. The Kier molecular flexibility index (Phi) is 5.58. The largest absolute Gasteiger partial charge is 0.347 e. The van der Waals surface area contributed by atoms with Gasteiger partial charge in [-0.3, -0.25) is 4.79 Å². The van der Waals surface area contributed by atoms with Gasteiger partial charge in [-0.15, -0.1) is 0 Å². The molecule has 0 saturated heterocycles. The zero-order valence-electron chi connectivity index (χ0n) is 15.5.